The van der Waals surface area contributed by atoms with Crippen LogP contribution in [0.25, 0.3) is 0 Å². The Morgan fingerprint density at radius 3 is 2.76 bits per heavy atom. The SMILES string of the molecule is CCCCC[C@@H]1CC(=O)C=C(C)[C@@H]1C(=O)OC. The minimum Gasteiger partial charge on any atom is -0.469 e. The molecule has 2 atom stereocenters. The Bertz CT molecular complexity index is 317. The zero-order valence-corrected chi connectivity index (χ0v) is 11.0. The van der Waals surface area contributed by atoms with E-state index >= 15 is 0 Å². The lowest BCUT2D eigenvalue weighted by Crippen LogP contribution is -2.31. The van der Waals surface area contributed by atoms with Gasteiger partial charge in [-0.1, -0.05) is 31.8 Å². The van der Waals surface area contributed by atoms with E-state index in [1.54, 1.807) is 6.08 Å². The number of hydrogen-bond acceptors (Lipinski definition) is 3. The van der Waals surface area contributed by atoms with Crippen molar-refractivity contribution in [2.45, 2.75) is 46.0 Å². The van der Waals surface area contributed by atoms with E-state index in [4.69, 9.17) is 4.74 Å². The molecule has 0 radical (unpaired) electrons. The number of hydrogen-bond donors (Lipinski definition) is 0. The monoisotopic (exact) mass is 238 g/mol. The van der Waals surface area contributed by atoms with Gasteiger partial charge in [0.2, 0.25) is 0 Å². The van der Waals surface area contributed by atoms with E-state index in [2.05, 4.69) is 6.92 Å². The van der Waals surface area contributed by atoms with Crippen molar-refractivity contribution in [2.75, 3.05) is 7.11 Å². The van der Waals surface area contributed by atoms with Crippen molar-refractivity contribution in [3.05, 3.63) is 11.6 Å². The van der Waals surface area contributed by atoms with Gasteiger partial charge in [0.1, 0.15) is 0 Å². The molecule has 0 aliphatic heterocycles. The second-order valence-electron chi connectivity index (χ2n) is 4.82. The molecule has 1 rings (SSSR count). The van der Waals surface area contributed by atoms with Gasteiger partial charge in [-0.15, -0.1) is 0 Å². The number of ether oxygens (including phenoxy) is 1. The highest BCUT2D eigenvalue weighted by atomic mass is 16.5. The number of carbonyl (C=O) groups is 2. The van der Waals surface area contributed by atoms with Gasteiger partial charge in [-0.3, -0.25) is 9.59 Å². The molecule has 0 spiro atoms. The Morgan fingerprint density at radius 2 is 2.18 bits per heavy atom. The molecule has 96 valence electrons. The Hall–Kier alpha value is -1.12. The number of carbonyl (C=O) groups excluding carboxylic acids is 2. The molecule has 0 aromatic heterocycles. The van der Waals surface area contributed by atoms with Gasteiger partial charge in [-0.25, -0.2) is 0 Å². The van der Waals surface area contributed by atoms with E-state index in [1.165, 1.54) is 7.11 Å². The summed E-state index contributed by atoms with van der Waals surface area (Å²) in [6.45, 7) is 4.00. The summed E-state index contributed by atoms with van der Waals surface area (Å²) in [5.74, 6) is -0.141. The van der Waals surface area contributed by atoms with Crippen molar-refractivity contribution in [1.29, 1.82) is 0 Å². The largest absolute Gasteiger partial charge is 0.469 e. The average molecular weight is 238 g/mol. The topological polar surface area (TPSA) is 43.4 Å². The minimum absolute atomic E-state index is 0.131. The molecule has 0 unspecified atom stereocenters. The smallest absolute Gasteiger partial charge is 0.313 e. The van der Waals surface area contributed by atoms with Crippen LogP contribution in [0, 0.1) is 11.8 Å². The maximum Gasteiger partial charge on any atom is 0.313 e. The van der Waals surface area contributed by atoms with Crippen LogP contribution in [0.5, 0.6) is 0 Å². The van der Waals surface area contributed by atoms with Crippen LogP contribution >= 0.6 is 0 Å². The second-order valence-corrected chi connectivity index (χ2v) is 4.82. The lowest BCUT2D eigenvalue weighted by molar-refractivity contribution is -0.146. The summed E-state index contributed by atoms with van der Waals surface area (Å²) < 4.78 is 4.84. The van der Waals surface area contributed by atoms with Crippen molar-refractivity contribution in [3.8, 4) is 0 Å². The summed E-state index contributed by atoms with van der Waals surface area (Å²) in [6.07, 6.45) is 6.40. The molecule has 0 aromatic carbocycles. The highest BCUT2D eigenvalue weighted by molar-refractivity contribution is 5.94. The molecule has 3 heteroatoms. The van der Waals surface area contributed by atoms with Gasteiger partial charge in [0, 0.05) is 6.42 Å². The molecular formula is C14H22O3. The van der Waals surface area contributed by atoms with Gasteiger partial charge in [-0.2, -0.15) is 0 Å². The molecule has 0 fully saturated rings. The van der Waals surface area contributed by atoms with Crippen LogP contribution in [0.2, 0.25) is 0 Å². The van der Waals surface area contributed by atoms with Gasteiger partial charge in [0.05, 0.1) is 13.0 Å². The van der Waals surface area contributed by atoms with Crippen LogP contribution in [-0.2, 0) is 14.3 Å². The van der Waals surface area contributed by atoms with Crippen LogP contribution < -0.4 is 0 Å². The molecule has 0 saturated heterocycles. The summed E-state index contributed by atoms with van der Waals surface area (Å²) in [7, 11) is 1.41. The maximum absolute atomic E-state index is 11.8. The van der Waals surface area contributed by atoms with Crippen molar-refractivity contribution < 1.29 is 14.3 Å². The molecule has 0 saturated carbocycles. The predicted molar refractivity (Wildman–Crippen MR) is 66.5 cm³/mol. The lowest BCUT2D eigenvalue weighted by atomic mass is 9.76. The van der Waals surface area contributed by atoms with E-state index in [1.807, 2.05) is 6.92 Å². The third-order valence-electron chi connectivity index (χ3n) is 3.45. The fourth-order valence-electron chi connectivity index (χ4n) is 2.58. The Morgan fingerprint density at radius 1 is 1.47 bits per heavy atom. The first-order valence-electron chi connectivity index (χ1n) is 6.39. The van der Waals surface area contributed by atoms with Crippen molar-refractivity contribution in [1.82, 2.24) is 0 Å². The van der Waals surface area contributed by atoms with Gasteiger partial charge in [0.25, 0.3) is 0 Å². The predicted octanol–water partition coefficient (Wildman–Crippen LogP) is 2.89. The maximum atomic E-state index is 11.8. The van der Waals surface area contributed by atoms with E-state index in [9.17, 15) is 9.59 Å². The van der Waals surface area contributed by atoms with Crippen molar-refractivity contribution in [3.63, 3.8) is 0 Å². The Labute approximate surface area is 103 Å². The summed E-state index contributed by atoms with van der Waals surface area (Å²) in [4.78, 5) is 23.3. The minimum atomic E-state index is -0.213. The standard InChI is InChI=1S/C14H22O3/c1-4-5-6-7-11-9-12(15)8-10(2)13(11)14(16)17-3/h8,11,13H,4-7,9H2,1-3H3/t11-,13+/m1/s1. The lowest BCUT2D eigenvalue weighted by Gasteiger charge is -2.28. The normalized spacial score (nSPS) is 24.4. The Balaban J connectivity index is 2.74. The quantitative estimate of drug-likeness (QED) is 0.546. The number of allylic oxidation sites excluding steroid dienone is 1. The molecule has 0 amide bonds. The van der Waals surface area contributed by atoms with E-state index < -0.39 is 0 Å². The van der Waals surface area contributed by atoms with E-state index in [-0.39, 0.29) is 23.6 Å². The first-order chi connectivity index (χ1) is 8.10. The molecule has 0 bridgehead atoms. The Kier molecular flexibility index (Phi) is 5.39. The summed E-state index contributed by atoms with van der Waals surface area (Å²) in [6, 6.07) is 0. The second kappa shape index (κ2) is 6.58. The van der Waals surface area contributed by atoms with Crippen LogP contribution in [0.4, 0.5) is 0 Å². The highest BCUT2D eigenvalue weighted by Gasteiger charge is 2.34. The van der Waals surface area contributed by atoms with Crippen LogP contribution in [0.1, 0.15) is 46.0 Å². The molecule has 3 nitrogen and oxygen atoms in total. The van der Waals surface area contributed by atoms with Crippen molar-refractivity contribution >= 4 is 11.8 Å². The van der Waals surface area contributed by atoms with E-state index in [0.717, 1.165) is 31.3 Å². The molecule has 0 aromatic rings. The third kappa shape index (κ3) is 3.69. The van der Waals surface area contributed by atoms with Gasteiger partial charge in [-0.05, 0) is 25.3 Å². The number of ketones is 1. The first-order valence-corrected chi connectivity index (χ1v) is 6.39. The average Bonchev–Trinajstić information content (AvgIpc) is 2.28. The van der Waals surface area contributed by atoms with Gasteiger partial charge >= 0.3 is 5.97 Å². The van der Waals surface area contributed by atoms with Gasteiger partial charge < -0.3 is 4.74 Å². The zero-order valence-electron chi connectivity index (χ0n) is 11.0. The molecule has 0 heterocycles. The van der Waals surface area contributed by atoms with Gasteiger partial charge in [0.15, 0.2) is 5.78 Å². The molecule has 0 N–H and O–H groups in total. The zero-order chi connectivity index (χ0) is 12.8. The number of rotatable bonds is 5. The van der Waals surface area contributed by atoms with Crippen LogP contribution in [-0.4, -0.2) is 18.9 Å². The number of methoxy groups -OCH3 is 1. The fraction of sp³-hybridized carbons (Fsp3) is 0.714. The highest BCUT2D eigenvalue weighted by Crippen LogP contribution is 2.33. The first kappa shape index (κ1) is 13.9. The summed E-state index contributed by atoms with van der Waals surface area (Å²) in [5.41, 5.74) is 0.856. The van der Waals surface area contributed by atoms with Crippen LogP contribution in [0.3, 0.4) is 0 Å². The molecule has 17 heavy (non-hydrogen) atoms. The summed E-state index contributed by atoms with van der Waals surface area (Å²) >= 11 is 0. The van der Waals surface area contributed by atoms with Crippen molar-refractivity contribution in [2.24, 2.45) is 11.8 Å². The molecule has 1 aliphatic carbocycles. The molecule has 1 aliphatic rings. The third-order valence-corrected chi connectivity index (χ3v) is 3.45. The number of esters is 1. The van der Waals surface area contributed by atoms with Crippen LogP contribution in [0.15, 0.2) is 11.6 Å². The molecular weight excluding hydrogens is 216 g/mol. The fourth-order valence-corrected chi connectivity index (χ4v) is 2.58. The summed E-state index contributed by atoms with van der Waals surface area (Å²) in [5, 5.41) is 0. The number of unbranched alkanes of at least 4 members (excludes halogenated alkanes) is 2. The van der Waals surface area contributed by atoms with E-state index in [0.29, 0.717) is 6.42 Å².